The van der Waals surface area contributed by atoms with Crippen molar-refractivity contribution in [3.05, 3.63) is 87.7 Å². The highest BCUT2D eigenvalue weighted by Crippen LogP contribution is 2.40. The van der Waals surface area contributed by atoms with Crippen molar-refractivity contribution in [1.29, 1.82) is 5.26 Å². The van der Waals surface area contributed by atoms with E-state index in [2.05, 4.69) is 6.92 Å². The third kappa shape index (κ3) is 3.99. The number of esters is 1. The molecule has 0 radical (unpaired) electrons. The number of carbonyl (C=O) groups excluding carboxylic acids is 1. The summed E-state index contributed by atoms with van der Waals surface area (Å²) < 4.78 is 48.8. The highest BCUT2D eigenvalue weighted by Gasteiger charge is 2.30. The third-order valence-corrected chi connectivity index (χ3v) is 5.69. The van der Waals surface area contributed by atoms with Crippen molar-refractivity contribution in [3.63, 3.8) is 0 Å². The molecule has 3 aromatic rings. The molecule has 4 rings (SSSR count). The molecule has 0 atom stereocenters. The van der Waals surface area contributed by atoms with Gasteiger partial charge in [-0.1, -0.05) is 38.0 Å². The van der Waals surface area contributed by atoms with E-state index in [1.165, 1.54) is 6.07 Å². The Morgan fingerprint density at radius 2 is 1.84 bits per heavy atom. The molecule has 0 aromatic heterocycles. The summed E-state index contributed by atoms with van der Waals surface area (Å²) in [5, 5.41) is 8.78. The summed E-state index contributed by atoms with van der Waals surface area (Å²) in [6.07, 6.45) is 4.50. The fraction of sp³-hybridized carbons (Fsp3) is 0.231. The molecule has 3 nitrogen and oxygen atoms in total. The molecule has 6 heteroatoms. The van der Waals surface area contributed by atoms with Crippen molar-refractivity contribution < 1.29 is 22.7 Å². The Morgan fingerprint density at radius 3 is 2.56 bits per heavy atom. The summed E-state index contributed by atoms with van der Waals surface area (Å²) in [5.41, 5.74) is 2.42. The zero-order valence-corrected chi connectivity index (χ0v) is 17.5. The van der Waals surface area contributed by atoms with Gasteiger partial charge in [-0.3, -0.25) is 0 Å². The molecule has 0 aliphatic heterocycles. The van der Waals surface area contributed by atoms with Gasteiger partial charge in [0, 0.05) is 18.1 Å². The van der Waals surface area contributed by atoms with Gasteiger partial charge >= 0.3 is 5.97 Å². The van der Waals surface area contributed by atoms with Crippen LogP contribution in [0, 0.1) is 28.8 Å². The maximum Gasteiger partial charge on any atom is 0.349 e. The van der Waals surface area contributed by atoms with E-state index in [9.17, 15) is 13.6 Å². The quantitative estimate of drug-likeness (QED) is 0.197. The second-order valence-corrected chi connectivity index (χ2v) is 7.84. The SMILES string of the molecule is CCCCCc1ccc2c(c1)Cc1c-2cc(F)c(C(=O)Oc2ccc(C#N)c(F)c2)c1F. The predicted octanol–water partition coefficient (Wildman–Crippen LogP) is 6.50. The van der Waals surface area contributed by atoms with Crippen LogP contribution in [0.5, 0.6) is 5.75 Å². The van der Waals surface area contributed by atoms with Crippen LogP contribution in [0.15, 0.2) is 42.5 Å². The molecule has 0 saturated heterocycles. The van der Waals surface area contributed by atoms with Gasteiger partial charge < -0.3 is 4.74 Å². The number of fused-ring (bicyclic) bond motifs is 3. The van der Waals surface area contributed by atoms with Crippen molar-refractivity contribution in [1.82, 2.24) is 0 Å². The Labute approximate surface area is 184 Å². The van der Waals surface area contributed by atoms with Gasteiger partial charge in [-0.05, 0) is 53.3 Å². The van der Waals surface area contributed by atoms with E-state index in [1.807, 2.05) is 18.2 Å². The number of unbranched alkanes of at least 4 members (excludes halogenated alkanes) is 2. The number of hydrogen-bond acceptors (Lipinski definition) is 3. The minimum atomic E-state index is -1.26. The number of halogens is 3. The molecule has 0 fully saturated rings. The summed E-state index contributed by atoms with van der Waals surface area (Å²) >= 11 is 0. The summed E-state index contributed by atoms with van der Waals surface area (Å²) in [5.74, 6) is -4.41. The Kier molecular flexibility index (Phi) is 6.00. The highest BCUT2D eigenvalue weighted by molar-refractivity contribution is 5.94. The molecule has 0 heterocycles. The number of nitriles is 1. The zero-order chi connectivity index (χ0) is 22.8. The van der Waals surface area contributed by atoms with Crippen molar-refractivity contribution >= 4 is 5.97 Å². The first-order chi connectivity index (χ1) is 15.4. The van der Waals surface area contributed by atoms with Gasteiger partial charge in [0.05, 0.1) is 5.56 Å². The van der Waals surface area contributed by atoms with Gasteiger partial charge in [0.2, 0.25) is 0 Å². The van der Waals surface area contributed by atoms with Gasteiger partial charge in [0.15, 0.2) is 0 Å². The molecule has 0 bridgehead atoms. The van der Waals surface area contributed by atoms with Crippen LogP contribution in [-0.2, 0) is 12.8 Å². The zero-order valence-electron chi connectivity index (χ0n) is 17.5. The van der Waals surface area contributed by atoms with Crippen molar-refractivity contribution in [2.45, 2.75) is 39.0 Å². The maximum absolute atomic E-state index is 15.2. The van der Waals surface area contributed by atoms with Crippen LogP contribution >= 0.6 is 0 Å². The summed E-state index contributed by atoms with van der Waals surface area (Å²) in [7, 11) is 0. The molecule has 0 amide bonds. The smallest absolute Gasteiger partial charge is 0.349 e. The topological polar surface area (TPSA) is 50.1 Å². The number of aryl methyl sites for hydroxylation is 1. The lowest BCUT2D eigenvalue weighted by Crippen LogP contribution is -2.15. The van der Waals surface area contributed by atoms with Gasteiger partial charge in [0.1, 0.15) is 34.8 Å². The van der Waals surface area contributed by atoms with Crippen molar-refractivity contribution in [3.8, 4) is 22.9 Å². The number of rotatable bonds is 6. The standard InChI is InChI=1S/C26H20F3NO2/c1-2-3-4-5-15-6-9-19-17(10-15)11-21-20(19)13-23(28)24(25(21)29)26(31)32-18-8-7-16(14-30)22(27)12-18/h6-10,12-13H,2-5,11H2,1H3. The van der Waals surface area contributed by atoms with Crippen LogP contribution in [0.3, 0.4) is 0 Å². The van der Waals surface area contributed by atoms with E-state index < -0.39 is 29.0 Å². The van der Waals surface area contributed by atoms with Crippen LogP contribution in [0.4, 0.5) is 13.2 Å². The first-order valence-electron chi connectivity index (χ1n) is 10.5. The van der Waals surface area contributed by atoms with Gasteiger partial charge in [-0.15, -0.1) is 0 Å². The summed E-state index contributed by atoms with van der Waals surface area (Å²) in [6, 6.07) is 11.8. The fourth-order valence-electron chi connectivity index (χ4n) is 4.05. The molecule has 162 valence electrons. The third-order valence-electron chi connectivity index (χ3n) is 5.69. The Balaban J connectivity index is 1.62. The van der Waals surface area contributed by atoms with E-state index in [0.717, 1.165) is 60.6 Å². The van der Waals surface area contributed by atoms with Gasteiger partial charge in [0.25, 0.3) is 0 Å². The molecule has 1 aliphatic carbocycles. The normalized spacial score (nSPS) is 11.6. The Morgan fingerprint density at radius 1 is 1.03 bits per heavy atom. The minimum absolute atomic E-state index is 0.230. The molecule has 0 spiro atoms. The fourth-order valence-corrected chi connectivity index (χ4v) is 4.05. The molecule has 0 saturated carbocycles. The first kappa shape index (κ1) is 21.6. The summed E-state index contributed by atoms with van der Waals surface area (Å²) in [4.78, 5) is 12.5. The summed E-state index contributed by atoms with van der Waals surface area (Å²) in [6.45, 7) is 2.14. The number of carbonyl (C=O) groups is 1. The number of nitrogens with zero attached hydrogens (tertiary/aromatic N) is 1. The van der Waals surface area contributed by atoms with E-state index in [1.54, 1.807) is 6.07 Å². The average Bonchev–Trinajstić information content (AvgIpc) is 3.12. The number of hydrogen-bond donors (Lipinski definition) is 0. The maximum atomic E-state index is 15.2. The molecule has 0 N–H and O–H groups in total. The van der Waals surface area contributed by atoms with Gasteiger partial charge in [-0.25, -0.2) is 18.0 Å². The van der Waals surface area contributed by atoms with Gasteiger partial charge in [-0.2, -0.15) is 5.26 Å². The second kappa shape index (κ2) is 8.88. The van der Waals surface area contributed by atoms with E-state index in [-0.39, 0.29) is 23.3 Å². The van der Waals surface area contributed by atoms with E-state index in [0.29, 0.717) is 5.56 Å². The lowest BCUT2D eigenvalue weighted by molar-refractivity contribution is 0.0724. The monoisotopic (exact) mass is 435 g/mol. The first-order valence-corrected chi connectivity index (χ1v) is 10.5. The number of benzene rings is 3. The van der Waals surface area contributed by atoms with E-state index >= 15 is 4.39 Å². The minimum Gasteiger partial charge on any atom is -0.423 e. The van der Waals surface area contributed by atoms with Crippen LogP contribution in [0.25, 0.3) is 11.1 Å². The Bertz CT molecular complexity index is 1260. The van der Waals surface area contributed by atoms with Crippen molar-refractivity contribution in [2.75, 3.05) is 0 Å². The van der Waals surface area contributed by atoms with Crippen LogP contribution in [0.2, 0.25) is 0 Å². The molecule has 0 unspecified atom stereocenters. The Hall–Kier alpha value is -3.59. The van der Waals surface area contributed by atoms with Crippen molar-refractivity contribution in [2.24, 2.45) is 0 Å². The lowest BCUT2D eigenvalue weighted by atomic mass is 9.99. The predicted molar refractivity (Wildman–Crippen MR) is 114 cm³/mol. The highest BCUT2D eigenvalue weighted by atomic mass is 19.1. The molecule has 32 heavy (non-hydrogen) atoms. The van der Waals surface area contributed by atoms with Crippen LogP contribution < -0.4 is 4.74 Å². The molecule has 3 aromatic carbocycles. The number of ether oxygens (including phenoxy) is 1. The average molecular weight is 435 g/mol. The molecule has 1 aliphatic rings. The van der Waals surface area contributed by atoms with Crippen LogP contribution in [-0.4, -0.2) is 5.97 Å². The second-order valence-electron chi connectivity index (χ2n) is 7.84. The molecular formula is C26H20F3NO2. The largest absolute Gasteiger partial charge is 0.423 e. The lowest BCUT2D eigenvalue weighted by Gasteiger charge is -2.10. The van der Waals surface area contributed by atoms with Crippen LogP contribution in [0.1, 0.15) is 58.8 Å². The molecular weight excluding hydrogens is 415 g/mol. The van der Waals surface area contributed by atoms with E-state index in [4.69, 9.17) is 10.00 Å².